The molecule has 2 aliphatic rings. The van der Waals surface area contributed by atoms with Gasteiger partial charge in [0, 0.05) is 18.4 Å². The molecule has 1 heterocycles. The van der Waals surface area contributed by atoms with Crippen molar-refractivity contribution in [2.75, 3.05) is 25.0 Å². The zero-order valence-electron chi connectivity index (χ0n) is 9.76. The summed E-state index contributed by atoms with van der Waals surface area (Å²) in [6.45, 7) is 4.10. The highest BCUT2D eigenvalue weighted by Crippen LogP contribution is 2.26. The highest BCUT2D eigenvalue weighted by Gasteiger charge is 2.22. The van der Waals surface area contributed by atoms with Gasteiger partial charge in [0.25, 0.3) is 0 Å². The second-order valence-corrected chi connectivity index (χ2v) is 6.07. The Morgan fingerprint density at radius 3 is 2.40 bits per heavy atom. The van der Waals surface area contributed by atoms with Crippen molar-refractivity contribution in [2.24, 2.45) is 11.8 Å². The smallest absolute Gasteiger partial charge is 0.00718 e. The molecule has 0 aromatic rings. The van der Waals surface area contributed by atoms with Crippen LogP contribution in [0.3, 0.4) is 0 Å². The molecule has 0 bridgehead atoms. The van der Waals surface area contributed by atoms with Crippen LogP contribution in [0.4, 0.5) is 0 Å². The Kier molecular flexibility index (Phi) is 4.96. The third-order valence-corrected chi connectivity index (χ3v) is 4.98. The maximum Gasteiger partial charge on any atom is 0.00718 e. The number of hydrogen-bond donors (Lipinski definition) is 0. The van der Waals surface area contributed by atoms with Gasteiger partial charge in [0.1, 0.15) is 0 Å². The van der Waals surface area contributed by atoms with Gasteiger partial charge in [-0.25, -0.2) is 0 Å². The molecule has 0 radical (unpaired) electrons. The lowest BCUT2D eigenvalue weighted by molar-refractivity contribution is 0.146. The lowest BCUT2D eigenvalue weighted by Gasteiger charge is -2.35. The predicted octanol–water partition coefficient (Wildman–Crippen LogP) is 3.67. The third-order valence-electron chi connectivity index (χ3n) is 4.06. The molecule has 88 valence electrons. The number of nitrogens with zero attached hydrogens (tertiary/aromatic N) is 1. The molecule has 1 unspecified atom stereocenters. The molecule has 0 amide bonds. The fraction of sp³-hybridized carbons (Fsp3) is 1.00. The summed E-state index contributed by atoms with van der Waals surface area (Å²) in [7, 11) is 0. The topological polar surface area (TPSA) is 3.24 Å². The zero-order valence-corrected chi connectivity index (χ0v) is 11.3. The van der Waals surface area contributed by atoms with Gasteiger partial charge in [0.2, 0.25) is 0 Å². The first kappa shape index (κ1) is 11.9. The van der Waals surface area contributed by atoms with E-state index in [1.165, 1.54) is 69.9 Å². The van der Waals surface area contributed by atoms with E-state index in [1.807, 2.05) is 0 Å². The molecule has 1 nitrogen and oxygen atoms in total. The Morgan fingerprint density at radius 2 is 1.67 bits per heavy atom. The summed E-state index contributed by atoms with van der Waals surface area (Å²) in [5, 5.41) is 1.20. The van der Waals surface area contributed by atoms with Gasteiger partial charge < -0.3 is 4.90 Å². The first-order valence-corrected chi connectivity index (χ1v) is 7.79. The van der Waals surface area contributed by atoms with Crippen molar-refractivity contribution in [1.29, 1.82) is 0 Å². The molecule has 1 atom stereocenters. The number of likely N-dealkylation sites (tertiary alicyclic amines) is 1. The van der Waals surface area contributed by atoms with Crippen LogP contribution in [0.5, 0.6) is 0 Å². The van der Waals surface area contributed by atoms with Gasteiger partial charge in [-0.1, -0.05) is 35.2 Å². The molecule has 1 aliphatic heterocycles. The van der Waals surface area contributed by atoms with Gasteiger partial charge in [-0.05, 0) is 44.1 Å². The molecule has 0 aromatic heterocycles. The predicted molar refractivity (Wildman–Crippen MR) is 69.5 cm³/mol. The molecule has 0 spiro atoms. The maximum atomic E-state index is 3.64. The summed E-state index contributed by atoms with van der Waals surface area (Å²) in [4.78, 5) is 2.73. The number of hydrogen-bond acceptors (Lipinski definition) is 1. The zero-order chi connectivity index (χ0) is 10.5. The largest absolute Gasteiger partial charge is 0.303 e. The third kappa shape index (κ3) is 3.74. The van der Waals surface area contributed by atoms with E-state index in [2.05, 4.69) is 20.8 Å². The Balaban J connectivity index is 1.72. The van der Waals surface area contributed by atoms with Crippen molar-refractivity contribution in [2.45, 2.75) is 44.9 Å². The summed E-state index contributed by atoms with van der Waals surface area (Å²) in [6, 6.07) is 0. The van der Waals surface area contributed by atoms with Crippen molar-refractivity contribution in [3.05, 3.63) is 0 Å². The molecular weight excluding hydrogens is 250 g/mol. The van der Waals surface area contributed by atoms with E-state index >= 15 is 0 Å². The maximum absolute atomic E-state index is 3.64. The van der Waals surface area contributed by atoms with Crippen molar-refractivity contribution >= 4 is 15.9 Å². The number of piperidine rings is 1. The van der Waals surface area contributed by atoms with Crippen molar-refractivity contribution < 1.29 is 0 Å². The minimum absolute atomic E-state index is 0.919. The Hall–Kier alpha value is 0.440. The minimum Gasteiger partial charge on any atom is -0.303 e. The Morgan fingerprint density at radius 1 is 0.933 bits per heavy atom. The van der Waals surface area contributed by atoms with E-state index in [0.29, 0.717) is 0 Å². The molecule has 1 saturated carbocycles. The number of halogens is 1. The van der Waals surface area contributed by atoms with Crippen LogP contribution in [0.2, 0.25) is 0 Å². The van der Waals surface area contributed by atoms with Crippen LogP contribution in [0.25, 0.3) is 0 Å². The number of alkyl halides is 1. The molecule has 1 aliphatic carbocycles. The normalized spacial score (nSPS) is 30.6. The molecule has 15 heavy (non-hydrogen) atoms. The van der Waals surface area contributed by atoms with E-state index in [4.69, 9.17) is 0 Å². The first-order chi connectivity index (χ1) is 7.38. The van der Waals surface area contributed by atoms with E-state index in [0.717, 1.165) is 11.8 Å². The second kappa shape index (κ2) is 6.24. The van der Waals surface area contributed by atoms with Crippen LogP contribution in [0.1, 0.15) is 44.9 Å². The molecule has 2 fully saturated rings. The molecule has 0 N–H and O–H groups in total. The standard InChI is InChI=1S/C13H24BrN/c14-9-13-7-4-8-15(11-13)10-12-5-2-1-3-6-12/h12-13H,1-11H2. The van der Waals surface area contributed by atoms with Crippen LogP contribution < -0.4 is 0 Å². The van der Waals surface area contributed by atoms with E-state index < -0.39 is 0 Å². The van der Waals surface area contributed by atoms with Crippen molar-refractivity contribution in [3.63, 3.8) is 0 Å². The second-order valence-electron chi connectivity index (χ2n) is 5.43. The Bertz CT molecular complexity index is 177. The van der Waals surface area contributed by atoms with Gasteiger partial charge >= 0.3 is 0 Å². The van der Waals surface area contributed by atoms with Gasteiger partial charge in [0.15, 0.2) is 0 Å². The molecule has 1 saturated heterocycles. The quantitative estimate of drug-likeness (QED) is 0.710. The highest BCUT2D eigenvalue weighted by atomic mass is 79.9. The molecule has 2 heteroatoms. The summed E-state index contributed by atoms with van der Waals surface area (Å²) < 4.78 is 0. The Labute approximate surface area is 103 Å². The molecule has 2 rings (SSSR count). The van der Waals surface area contributed by atoms with Crippen molar-refractivity contribution in [1.82, 2.24) is 4.90 Å². The average molecular weight is 274 g/mol. The van der Waals surface area contributed by atoms with E-state index in [-0.39, 0.29) is 0 Å². The van der Waals surface area contributed by atoms with E-state index in [1.54, 1.807) is 0 Å². The SMILES string of the molecule is BrCC1CCCN(CC2CCCCC2)C1. The molecule has 0 aromatic carbocycles. The first-order valence-electron chi connectivity index (χ1n) is 6.67. The van der Waals surface area contributed by atoms with Gasteiger partial charge in [-0.2, -0.15) is 0 Å². The van der Waals surface area contributed by atoms with Gasteiger partial charge in [-0.3, -0.25) is 0 Å². The minimum atomic E-state index is 0.919. The number of rotatable bonds is 3. The lowest BCUT2D eigenvalue weighted by Crippen LogP contribution is -2.39. The van der Waals surface area contributed by atoms with E-state index in [9.17, 15) is 0 Å². The van der Waals surface area contributed by atoms with Crippen molar-refractivity contribution in [3.8, 4) is 0 Å². The summed E-state index contributed by atoms with van der Waals surface area (Å²) in [5.74, 6) is 1.94. The molecular formula is C13H24BrN. The van der Waals surface area contributed by atoms with Crippen LogP contribution in [0, 0.1) is 11.8 Å². The summed E-state index contributed by atoms with van der Waals surface area (Å²) in [6.07, 6.45) is 10.3. The lowest BCUT2D eigenvalue weighted by atomic mass is 9.88. The fourth-order valence-corrected chi connectivity index (χ4v) is 3.71. The summed E-state index contributed by atoms with van der Waals surface area (Å²) >= 11 is 3.64. The van der Waals surface area contributed by atoms with Crippen LogP contribution in [-0.2, 0) is 0 Å². The van der Waals surface area contributed by atoms with Gasteiger partial charge in [0.05, 0.1) is 0 Å². The summed E-state index contributed by atoms with van der Waals surface area (Å²) in [5.41, 5.74) is 0. The van der Waals surface area contributed by atoms with Crippen LogP contribution in [-0.4, -0.2) is 29.9 Å². The highest BCUT2D eigenvalue weighted by molar-refractivity contribution is 9.09. The van der Waals surface area contributed by atoms with Gasteiger partial charge in [-0.15, -0.1) is 0 Å². The fourth-order valence-electron chi connectivity index (χ4n) is 3.18. The monoisotopic (exact) mass is 273 g/mol. The van der Waals surface area contributed by atoms with Crippen LogP contribution in [0.15, 0.2) is 0 Å². The average Bonchev–Trinajstić information content (AvgIpc) is 2.31. The van der Waals surface area contributed by atoms with Crippen LogP contribution >= 0.6 is 15.9 Å².